The van der Waals surface area contributed by atoms with Crippen molar-refractivity contribution < 1.29 is 19.1 Å². The Morgan fingerprint density at radius 1 is 1.04 bits per heavy atom. The molecule has 7 nitrogen and oxygen atoms in total. The summed E-state index contributed by atoms with van der Waals surface area (Å²) in [4.78, 5) is 25.9. The molecule has 2 heterocycles. The normalized spacial score (nSPS) is 15.4. The maximum Gasteiger partial charge on any atom is 0.336 e. The minimum Gasteiger partial charge on any atom is -0.463 e. The van der Waals surface area contributed by atoms with E-state index in [-0.39, 0.29) is 13.2 Å². The maximum atomic E-state index is 12.5. The van der Waals surface area contributed by atoms with Gasteiger partial charge in [0.25, 0.3) is 0 Å². The fraction of sp³-hybridized carbons (Fsp3) is 0.500. The van der Waals surface area contributed by atoms with Crippen LogP contribution in [0, 0.1) is 6.92 Å². The Labute approximate surface area is 144 Å². The van der Waals surface area contributed by atoms with Crippen molar-refractivity contribution in [2.45, 2.75) is 40.5 Å². The summed E-state index contributed by atoms with van der Waals surface area (Å²) in [6.07, 6.45) is 0. The van der Waals surface area contributed by atoms with Gasteiger partial charge in [-0.1, -0.05) is 4.49 Å². The molecule has 0 spiro atoms. The van der Waals surface area contributed by atoms with E-state index in [1.807, 2.05) is 6.92 Å². The van der Waals surface area contributed by atoms with E-state index >= 15 is 0 Å². The van der Waals surface area contributed by atoms with Gasteiger partial charge in [-0.25, -0.2) is 9.59 Å². The lowest BCUT2D eigenvalue weighted by atomic mass is 9.82. The summed E-state index contributed by atoms with van der Waals surface area (Å²) in [5.74, 6) is -1.61. The van der Waals surface area contributed by atoms with Crippen molar-refractivity contribution in [1.82, 2.24) is 14.9 Å². The molecule has 0 saturated heterocycles. The Morgan fingerprint density at radius 2 is 1.54 bits per heavy atom. The second kappa shape index (κ2) is 7.57. The lowest BCUT2D eigenvalue weighted by Gasteiger charge is -2.29. The summed E-state index contributed by atoms with van der Waals surface area (Å²) in [5, 5.41) is 7.23. The first kappa shape index (κ1) is 18.1. The predicted molar refractivity (Wildman–Crippen MR) is 89.2 cm³/mol. The molecule has 0 bridgehead atoms. The molecule has 1 N–H and O–H groups in total. The average molecular weight is 351 g/mol. The monoisotopic (exact) mass is 351 g/mol. The molecule has 0 aromatic carbocycles. The van der Waals surface area contributed by atoms with Gasteiger partial charge in [0.2, 0.25) is 0 Å². The fourth-order valence-corrected chi connectivity index (χ4v) is 3.23. The van der Waals surface area contributed by atoms with Gasteiger partial charge in [0.05, 0.1) is 36.0 Å². The summed E-state index contributed by atoms with van der Waals surface area (Å²) in [6, 6.07) is 0. The molecule has 8 heteroatoms. The largest absolute Gasteiger partial charge is 0.463 e. The summed E-state index contributed by atoms with van der Waals surface area (Å²) in [5.41, 5.74) is 2.57. The molecule has 1 aliphatic rings. The lowest BCUT2D eigenvalue weighted by molar-refractivity contribution is -0.139. The molecule has 1 aromatic rings. The zero-order valence-electron chi connectivity index (χ0n) is 14.4. The maximum absolute atomic E-state index is 12.5. The van der Waals surface area contributed by atoms with Crippen LogP contribution in [0.25, 0.3) is 0 Å². The van der Waals surface area contributed by atoms with Gasteiger partial charge < -0.3 is 14.8 Å². The minimum atomic E-state index is -0.650. The summed E-state index contributed by atoms with van der Waals surface area (Å²) in [6.45, 7) is 9.38. The number of carbonyl (C=O) groups excluding carboxylic acids is 2. The number of rotatable bonds is 5. The number of dihydropyridines is 1. The van der Waals surface area contributed by atoms with Gasteiger partial charge in [0, 0.05) is 16.3 Å². The van der Waals surface area contributed by atoms with Gasteiger partial charge in [-0.3, -0.25) is 0 Å². The minimum absolute atomic E-state index is 0.244. The molecule has 0 saturated carbocycles. The van der Waals surface area contributed by atoms with Crippen LogP contribution in [0.5, 0.6) is 0 Å². The topological polar surface area (TPSA) is 90.4 Å². The summed E-state index contributed by atoms with van der Waals surface area (Å²) >= 11 is 1.22. The smallest absolute Gasteiger partial charge is 0.336 e. The number of hydrogen-bond donors (Lipinski definition) is 1. The third-order valence-electron chi connectivity index (χ3n) is 3.71. The van der Waals surface area contributed by atoms with Gasteiger partial charge in [-0.2, -0.15) is 0 Å². The Kier molecular flexibility index (Phi) is 5.71. The van der Waals surface area contributed by atoms with E-state index in [2.05, 4.69) is 14.9 Å². The molecule has 0 radical (unpaired) electrons. The van der Waals surface area contributed by atoms with Crippen LogP contribution in [0.15, 0.2) is 22.5 Å². The highest BCUT2D eigenvalue weighted by atomic mass is 32.1. The van der Waals surface area contributed by atoms with Gasteiger partial charge in [0.1, 0.15) is 0 Å². The average Bonchev–Trinajstić information content (AvgIpc) is 2.92. The van der Waals surface area contributed by atoms with E-state index in [0.717, 1.165) is 4.88 Å². The van der Waals surface area contributed by atoms with Crippen molar-refractivity contribution >= 4 is 23.5 Å². The molecule has 0 aliphatic carbocycles. The first-order valence-electron chi connectivity index (χ1n) is 7.73. The van der Waals surface area contributed by atoms with Gasteiger partial charge in [-0.05, 0) is 46.2 Å². The van der Waals surface area contributed by atoms with E-state index in [1.165, 1.54) is 11.5 Å². The second-order valence-corrected chi connectivity index (χ2v) is 6.25. The molecular weight excluding hydrogens is 330 g/mol. The van der Waals surface area contributed by atoms with Crippen LogP contribution >= 0.6 is 11.5 Å². The molecular formula is C16H21N3O4S. The number of aromatic nitrogens is 2. The van der Waals surface area contributed by atoms with E-state index in [9.17, 15) is 9.59 Å². The van der Waals surface area contributed by atoms with Crippen LogP contribution in [-0.2, 0) is 19.1 Å². The Hall–Kier alpha value is -2.22. The number of hydrogen-bond acceptors (Lipinski definition) is 8. The lowest BCUT2D eigenvalue weighted by Crippen LogP contribution is -2.33. The fourth-order valence-electron chi connectivity index (χ4n) is 2.73. The van der Waals surface area contributed by atoms with Crippen LogP contribution in [-0.4, -0.2) is 34.7 Å². The van der Waals surface area contributed by atoms with Crippen LogP contribution < -0.4 is 5.32 Å². The SMILES string of the molecule is CCOC(=O)C1=C(C)NC(C)=C(C(=O)OCC)C1c1nnsc1C. The number of aryl methyl sites for hydroxylation is 1. The molecule has 0 amide bonds. The van der Waals surface area contributed by atoms with Crippen molar-refractivity contribution in [3.8, 4) is 0 Å². The highest BCUT2D eigenvalue weighted by Crippen LogP contribution is 2.40. The number of nitrogens with one attached hydrogen (secondary N) is 1. The standard InChI is InChI=1S/C16H21N3O4S/c1-6-22-15(20)11-8(3)17-9(4)12(16(21)23-7-2)13(11)14-10(5)24-19-18-14/h13,17H,6-7H2,1-5H3. The van der Waals surface area contributed by atoms with Crippen molar-refractivity contribution in [3.05, 3.63) is 33.1 Å². The summed E-state index contributed by atoms with van der Waals surface area (Å²) < 4.78 is 14.3. The zero-order valence-corrected chi connectivity index (χ0v) is 15.2. The zero-order chi connectivity index (χ0) is 17.9. The van der Waals surface area contributed by atoms with E-state index < -0.39 is 17.9 Å². The van der Waals surface area contributed by atoms with E-state index in [1.54, 1.807) is 27.7 Å². The first-order valence-corrected chi connectivity index (χ1v) is 8.51. The number of esters is 2. The first-order chi connectivity index (χ1) is 11.4. The van der Waals surface area contributed by atoms with Crippen LogP contribution in [0.1, 0.15) is 44.2 Å². The van der Waals surface area contributed by atoms with Crippen LogP contribution in [0.4, 0.5) is 0 Å². The molecule has 24 heavy (non-hydrogen) atoms. The van der Waals surface area contributed by atoms with Crippen molar-refractivity contribution in [2.24, 2.45) is 0 Å². The number of ether oxygens (including phenoxy) is 2. The van der Waals surface area contributed by atoms with Gasteiger partial charge in [-0.15, -0.1) is 5.10 Å². The predicted octanol–water partition coefficient (Wildman–Crippen LogP) is 2.21. The molecule has 1 aliphatic heterocycles. The second-order valence-electron chi connectivity index (χ2n) is 5.29. The highest BCUT2D eigenvalue weighted by molar-refractivity contribution is 7.05. The van der Waals surface area contributed by atoms with Crippen molar-refractivity contribution in [3.63, 3.8) is 0 Å². The van der Waals surface area contributed by atoms with Gasteiger partial charge in [0.15, 0.2) is 0 Å². The number of allylic oxidation sites excluding steroid dienone is 2. The number of nitrogens with zero attached hydrogens (tertiary/aromatic N) is 2. The third-order valence-corrected chi connectivity index (χ3v) is 4.36. The Morgan fingerprint density at radius 3 is 1.92 bits per heavy atom. The Bertz CT molecular complexity index is 681. The van der Waals surface area contributed by atoms with Crippen LogP contribution in [0.2, 0.25) is 0 Å². The molecule has 1 aromatic heterocycles. The van der Waals surface area contributed by atoms with Crippen molar-refractivity contribution in [2.75, 3.05) is 13.2 Å². The quantitative estimate of drug-likeness (QED) is 0.813. The molecule has 0 fully saturated rings. The van der Waals surface area contributed by atoms with E-state index in [4.69, 9.17) is 9.47 Å². The van der Waals surface area contributed by atoms with Gasteiger partial charge >= 0.3 is 11.9 Å². The highest BCUT2D eigenvalue weighted by Gasteiger charge is 2.40. The molecule has 0 atom stereocenters. The molecule has 130 valence electrons. The van der Waals surface area contributed by atoms with E-state index in [0.29, 0.717) is 28.2 Å². The molecule has 0 unspecified atom stereocenters. The molecule has 2 rings (SSSR count). The number of carbonyl (C=O) groups is 2. The van der Waals surface area contributed by atoms with Crippen LogP contribution in [0.3, 0.4) is 0 Å². The Balaban J connectivity index is 2.62. The third kappa shape index (κ3) is 3.33. The summed E-state index contributed by atoms with van der Waals surface area (Å²) in [7, 11) is 0. The van der Waals surface area contributed by atoms with Crippen molar-refractivity contribution in [1.29, 1.82) is 0 Å².